The zero-order valence-electron chi connectivity index (χ0n) is 8.73. The lowest BCUT2D eigenvalue weighted by Gasteiger charge is -2.06. The number of hydrogen-bond donors (Lipinski definition) is 2. The maximum atomic E-state index is 11.4. The predicted octanol–water partition coefficient (Wildman–Crippen LogP) is -0.0805. The van der Waals surface area contributed by atoms with E-state index in [1.165, 1.54) is 25.3 Å². The minimum atomic E-state index is -0.713. The molecular formula is C10H12N2O4. The maximum absolute atomic E-state index is 11.4. The third kappa shape index (κ3) is 2.88. The molecule has 0 aliphatic carbocycles. The Morgan fingerprint density at radius 3 is 2.56 bits per heavy atom. The van der Waals surface area contributed by atoms with E-state index in [0.717, 1.165) is 0 Å². The Morgan fingerprint density at radius 1 is 1.38 bits per heavy atom. The smallest absolute Gasteiger partial charge is 0.338 e. The van der Waals surface area contributed by atoms with E-state index in [1.54, 1.807) is 0 Å². The summed E-state index contributed by atoms with van der Waals surface area (Å²) in [6.07, 6.45) is 0. The van der Waals surface area contributed by atoms with Crippen LogP contribution in [0.1, 0.15) is 10.4 Å². The third-order valence-corrected chi connectivity index (χ3v) is 1.81. The van der Waals surface area contributed by atoms with Gasteiger partial charge < -0.3 is 20.9 Å². The molecule has 6 heteroatoms. The molecule has 0 unspecified atom stereocenters. The number of anilines is 1. The van der Waals surface area contributed by atoms with Crippen molar-refractivity contribution in [2.45, 2.75) is 0 Å². The minimum Gasteiger partial charge on any atom is -0.495 e. The highest BCUT2D eigenvalue weighted by Gasteiger charge is 2.10. The molecule has 0 radical (unpaired) electrons. The highest BCUT2D eigenvalue weighted by atomic mass is 16.5. The molecule has 0 saturated heterocycles. The summed E-state index contributed by atoms with van der Waals surface area (Å²) in [6.45, 7) is -0.454. The lowest BCUT2D eigenvalue weighted by Crippen LogP contribution is -2.20. The van der Waals surface area contributed by atoms with Gasteiger partial charge in [0.2, 0.25) is 0 Å². The van der Waals surface area contributed by atoms with Gasteiger partial charge >= 0.3 is 5.97 Å². The predicted molar refractivity (Wildman–Crippen MR) is 56.9 cm³/mol. The van der Waals surface area contributed by atoms with Crippen molar-refractivity contribution >= 4 is 17.6 Å². The van der Waals surface area contributed by atoms with Gasteiger partial charge in [0, 0.05) is 0 Å². The molecule has 4 N–H and O–H groups in total. The lowest BCUT2D eigenvalue weighted by molar-refractivity contribution is -0.121. The van der Waals surface area contributed by atoms with Crippen molar-refractivity contribution < 1.29 is 19.1 Å². The average Bonchev–Trinajstić information content (AvgIpc) is 2.25. The molecule has 1 aromatic rings. The number of rotatable bonds is 4. The fourth-order valence-electron chi connectivity index (χ4n) is 1.08. The van der Waals surface area contributed by atoms with E-state index in [-0.39, 0.29) is 5.56 Å². The van der Waals surface area contributed by atoms with E-state index in [2.05, 4.69) is 4.74 Å². The summed E-state index contributed by atoms with van der Waals surface area (Å²) in [7, 11) is 1.47. The minimum absolute atomic E-state index is 0.236. The number of carbonyl (C=O) groups is 2. The molecule has 0 aliphatic heterocycles. The molecule has 0 saturated carbocycles. The second-order valence-corrected chi connectivity index (χ2v) is 3.00. The summed E-state index contributed by atoms with van der Waals surface area (Å²) in [5.74, 6) is -0.908. The van der Waals surface area contributed by atoms with E-state index >= 15 is 0 Å². The summed E-state index contributed by atoms with van der Waals surface area (Å²) >= 11 is 0. The second-order valence-electron chi connectivity index (χ2n) is 3.00. The van der Waals surface area contributed by atoms with Crippen LogP contribution < -0.4 is 16.2 Å². The normalized spacial score (nSPS) is 9.56. The summed E-state index contributed by atoms with van der Waals surface area (Å²) < 4.78 is 9.53. The summed E-state index contributed by atoms with van der Waals surface area (Å²) in [5.41, 5.74) is 11.0. The molecule has 0 bridgehead atoms. The number of nitrogens with two attached hydrogens (primary N) is 2. The number of amides is 1. The lowest BCUT2D eigenvalue weighted by atomic mass is 10.2. The van der Waals surface area contributed by atoms with Gasteiger partial charge in [0.1, 0.15) is 5.75 Å². The van der Waals surface area contributed by atoms with Crippen molar-refractivity contribution in [1.29, 1.82) is 0 Å². The molecule has 0 aliphatic rings. The number of ether oxygens (including phenoxy) is 2. The zero-order chi connectivity index (χ0) is 12.1. The Morgan fingerprint density at radius 2 is 2.06 bits per heavy atom. The van der Waals surface area contributed by atoms with Gasteiger partial charge in [-0.1, -0.05) is 0 Å². The summed E-state index contributed by atoms with van der Waals surface area (Å²) in [4.78, 5) is 21.8. The molecule has 86 valence electrons. The first kappa shape index (κ1) is 11.8. The summed E-state index contributed by atoms with van der Waals surface area (Å²) in [5, 5.41) is 0. The first-order valence-electron chi connectivity index (χ1n) is 4.43. The number of esters is 1. The third-order valence-electron chi connectivity index (χ3n) is 1.81. The molecule has 0 fully saturated rings. The van der Waals surface area contributed by atoms with E-state index in [9.17, 15) is 9.59 Å². The number of methoxy groups -OCH3 is 1. The van der Waals surface area contributed by atoms with Crippen molar-refractivity contribution in [2.75, 3.05) is 19.5 Å². The van der Waals surface area contributed by atoms with Gasteiger partial charge in [0.15, 0.2) is 6.61 Å². The van der Waals surface area contributed by atoms with Crippen LogP contribution in [-0.4, -0.2) is 25.6 Å². The van der Waals surface area contributed by atoms with Gasteiger partial charge in [-0.05, 0) is 18.2 Å². The van der Waals surface area contributed by atoms with Crippen LogP contribution in [0.2, 0.25) is 0 Å². The first-order chi connectivity index (χ1) is 7.54. The molecule has 1 rings (SSSR count). The maximum Gasteiger partial charge on any atom is 0.338 e. The van der Waals surface area contributed by atoms with Gasteiger partial charge in [-0.25, -0.2) is 4.79 Å². The molecular weight excluding hydrogens is 212 g/mol. The topological polar surface area (TPSA) is 105 Å². The molecule has 1 amide bonds. The van der Waals surface area contributed by atoms with Crippen molar-refractivity contribution in [1.82, 2.24) is 0 Å². The highest BCUT2D eigenvalue weighted by molar-refractivity contribution is 5.92. The van der Waals surface area contributed by atoms with Gasteiger partial charge in [-0.15, -0.1) is 0 Å². The quantitative estimate of drug-likeness (QED) is 0.549. The Balaban J connectivity index is 2.77. The van der Waals surface area contributed by atoms with Gasteiger partial charge in [0.05, 0.1) is 18.4 Å². The molecule has 0 atom stereocenters. The zero-order valence-corrected chi connectivity index (χ0v) is 8.73. The van der Waals surface area contributed by atoms with Crippen molar-refractivity contribution in [3.63, 3.8) is 0 Å². The Kier molecular flexibility index (Phi) is 3.71. The monoisotopic (exact) mass is 224 g/mol. The molecule has 0 aromatic heterocycles. The second kappa shape index (κ2) is 5.01. The van der Waals surface area contributed by atoms with Crippen LogP contribution in [-0.2, 0) is 9.53 Å². The first-order valence-corrected chi connectivity index (χ1v) is 4.43. The van der Waals surface area contributed by atoms with Crippen LogP contribution in [0.5, 0.6) is 5.75 Å². The molecule has 0 spiro atoms. The number of benzene rings is 1. The fourth-order valence-corrected chi connectivity index (χ4v) is 1.08. The number of primary amides is 1. The fraction of sp³-hybridized carbons (Fsp3) is 0.200. The standard InChI is InChI=1S/C10H12N2O4/c1-15-8-3-2-6(4-7(8)11)10(14)16-5-9(12)13/h2-4H,5,11H2,1H3,(H2,12,13). The van der Waals surface area contributed by atoms with E-state index in [4.69, 9.17) is 16.2 Å². The van der Waals surface area contributed by atoms with Crippen molar-refractivity contribution in [3.8, 4) is 5.75 Å². The van der Waals surface area contributed by atoms with Crippen LogP contribution in [0.25, 0.3) is 0 Å². The van der Waals surface area contributed by atoms with Crippen molar-refractivity contribution in [2.24, 2.45) is 5.73 Å². The van der Waals surface area contributed by atoms with E-state index in [1.807, 2.05) is 0 Å². The Labute approximate surface area is 92.1 Å². The van der Waals surface area contributed by atoms with Gasteiger partial charge in [-0.3, -0.25) is 4.79 Å². The van der Waals surface area contributed by atoms with Crippen molar-refractivity contribution in [3.05, 3.63) is 23.8 Å². The molecule has 1 aromatic carbocycles. The molecule has 16 heavy (non-hydrogen) atoms. The largest absolute Gasteiger partial charge is 0.495 e. The Bertz CT molecular complexity index is 417. The highest BCUT2D eigenvalue weighted by Crippen LogP contribution is 2.22. The molecule has 6 nitrogen and oxygen atoms in total. The summed E-state index contributed by atoms with van der Waals surface area (Å²) in [6, 6.07) is 4.43. The van der Waals surface area contributed by atoms with Crippen LogP contribution in [0.4, 0.5) is 5.69 Å². The van der Waals surface area contributed by atoms with Crippen LogP contribution >= 0.6 is 0 Å². The van der Waals surface area contributed by atoms with Crippen LogP contribution in [0, 0.1) is 0 Å². The average molecular weight is 224 g/mol. The van der Waals surface area contributed by atoms with E-state index < -0.39 is 18.5 Å². The van der Waals surface area contributed by atoms with Gasteiger partial charge in [0.25, 0.3) is 5.91 Å². The number of nitrogen functional groups attached to an aromatic ring is 1. The Hall–Kier alpha value is -2.24. The van der Waals surface area contributed by atoms with Gasteiger partial charge in [-0.2, -0.15) is 0 Å². The number of hydrogen-bond acceptors (Lipinski definition) is 5. The van der Waals surface area contributed by atoms with E-state index in [0.29, 0.717) is 11.4 Å². The van der Waals surface area contributed by atoms with Crippen LogP contribution in [0.3, 0.4) is 0 Å². The van der Waals surface area contributed by atoms with Crippen LogP contribution in [0.15, 0.2) is 18.2 Å². The molecule has 0 heterocycles. The number of carbonyl (C=O) groups excluding carboxylic acids is 2. The SMILES string of the molecule is COc1ccc(C(=O)OCC(N)=O)cc1N.